The van der Waals surface area contributed by atoms with Crippen molar-refractivity contribution in [3.63, 3.8) is 0 Å². The van der Waals surface area contributed by atoms with Gasteiger partial charge in [-0.2, -0.15) is 0 Å². The molecule has 1 fully saturated rings. The standard InChI is InChI=1S/C16H17Cl2N3O2S.ClH/c17-11-2-1-10(7-12(11)18)14-8-21(5-6-23-14)16(22)13-9-24-15(20-13)3-4-19;/h1-2,7,9,14H,3-6,8,19H2;1H. The van der Waals surface area contributed by atoms with Gasteiger partial charge in [0.05, 0.1) is 28.2 Å². The topological polar surface area (TPSA) is 68.5 Å². The van der Waals surface area contributed by atoms with E-state index in [9.17, 15) is 4.79 Å². The van der Waals surface area contributed by atoms with Crippen molar-refractivity contribution in [3.05, 3.63) is 49.9 Å². The average molecular weight is 423 g/mol. The third kappa shape index (κ3) is 4.84. The van der Waals surface area contributed by atoms with Crippen molar-refractivity contribution in [1.82, 2.24) is 9.88 Å². The third-order valence-corrected chi connectivity index (χ3v) is 5.45. The lowest BCUT2D eigenvalue weighted by Crippen LogP contribution is -2.42. The van der Waals surface area contributed by atoms with Gasteiger partial charge in [-0.05, 0) is 24.2 Å². The number of carbonyl (C=O) groups is 1. The van der Waals surface area contributed by atoms with E-state index in [1.165, 1.54) is 11.3 Å². The van der Waals surface area contributed by atoms with Crippen LogP contribution in [0.3, 0.4) is 0 Å². The fourth-order valence-corrected chi connectivity index (χ4v) is 3.65. The number of ether oxygens (including phenoxy) is 1. The number of halogens is 3. The molecule has 1 amide bonds. The SMILES string of the molecule is Cl.NCCc1nc(C(=O)N2CCOC(c3ccc(Cl)c(Cl)c3)C2)cs1. The number of nitrogens with two attached hydrogens (primary N) is 1. The fourth-order valence-electron chi connectivity index (χ4n) is 2.56. The number of thiazole rings is 1. The molecule has 1 aliphatic heterocycles. The molecular weight excluding hydrogens is 405 g/mol. The minimum Gasteiger partial charge on any atom is -0.370 e. The largest absolute Gasteiger partial charge is 0.370 e. The summed E-state index contributed by atoms with van der Waals surface area (Å²) in [6.07, 6.45) is 0.465. The van der Waals surface area contributed by atoms with Gasteiger partial charge in [0.1, 0.15) is 11.8 Å². The van der Waals surface area contributed by atoms with Gasteiger partial charge in [0, 0.05) is 18.3 Å². The summed E-state index contributed by atoms with van der Waals surface area (Å²) in [7, 11) is 0. The summed E-state index contributed by atoms with van der Waals surface area (Å²) in [6, 6.07) is 5.39. The van der Waals surface area contributed by atoms with Gasteiger partial charge in [0.25, 0.3) is 5.91 Å². The number of hydrogen-bond donors (Lipinski definition) is 1. The van der Waals surface area contributed by atoms with E-state index in [4.69, 9.17) is 33.7 Å². The molecular formula is C16H18Cl3N3O2S. The molecule has 0 radical (unpaired) electrons. The van der Waals surface area contributed by atoms with E-state index < -0.39 is 0 Å². The highest BCUT2D eigenvalue weighted by Crippen LogP contribution is 2.29. The summed E-state index contributed by atoms with van der Waals surface area (Å²) < 4.78 is 5.79. The lowest BCUT2D eigenvalue weighted by molar-refractivity contribution is -0.0229. The molecule has 2 heterocycles. The van der Waals surface area contributed by atoms with E-state index in [2.05, 4.69) is 4.98 Å². The van der Waals surface area contributed by atoms with Crippen LogP contribution in [0.25, 0.3) is 0 Å². The van der Waals surface area contributed by atoms with Crippen LogP contribution in [0.15, 0.2) is 23.6 Å². The zero-order chi connectivity index (χ0) is 17.1. The number of nitrogens with zero attached hydrogens (tertiary/aromatic N) is 2. The molecule has 1 saturated heterocycles. The lowest BCUT2D eigenvalue weighted by atomic mass is 10.1. The molecule has 2 aromatic rings. The second-order valence-corrected chi connectivity index (χ2v) is 7.21. The molecule has 0 spiro atoms. The van der Waals surface area contributed by atoms with Gasteiger partial charge in [0.15, 0.2) is 0 Å². The second-order valence-electron chi connectivity index (χ2n) is 5.45. The maximum atomic E-state index is 12.7. The number of morpholine rings is 1. The molecule has 2 N–H and O–H groups in total. The number of hydrogen-bond acceptors (Lipinski definition) is 5. The van der Waals surface area contributed by atoms with E-state index in [0.717, 1.165) is 10.6 Å². The van der Waals surface area contributed by atoms with Gasteiger partial charge < -0.3 is 15.4 Å². The zero-order valence-corrected chi connectivity index (χ0v) is 16.4. The van der Waals surface area contributed by atoms with Gasteiger partial charge in [-0.25, -0.2) is 4.98 Å². The smallest absolute Gasteiger partial charge is 0.273 e. The fraction of sp³-hybridized carbons (Fsp3) is 0.375. The first kappa shape index (κ1) is 20.4. The zero-order valence-electron chi connectivity index (χ0n) is 13.3. The predicted molar refractivity (Wildman–Crippen MR) is 103 cm³/mol. The Morgan fingerprint density at radius 3 is 2.92 bits per heavy atom. The Balaban J connectivity index is 0.00000225. The van der Waals surface area contributed by atoms with Crippen molar-refractivity contribution in [2.75, 3.05) is 26.2 Å². The van der Waals surface area contributed by atoms with Crippen molar-refractivity contribution in [2.45, 2.75) is 12.5 Å². The first-order valence-electron chi connectivity index (χ1n) is 7.59. The molecule has 0 bridgehead atoms. The normalized spacial score (nSPS) is 17.2. The predicted octanol–water partition coefficient (Wildman–Crippen LogP) is 3.59. The van der Waals surface area contributed by atoms with Crippen molar-refractivity contribution in [1.29, 1.82) is 0 Å². The van der Waals surface area contributed by atoms with E-state index in [1.54, 1.807) is 22.4 Å². The van der Waals surface area contributed by atoms with Crippen LogP contribution in [0.1, 0.15) is 27.2 Å². The van der Waals surface area contributed by atoms with Crippen LogP contribution in [-0.4, -0.2) is 42.0 Å². The number of aromatic nitrogens is 1. The summed E-state index contributed by atoms with van der Waals surface area (Å²) in [6.45, 7) is 2.00. The maximum Gasteiger partial charge on any atom is 0.273 e. The number of carbonyl (C=O) groups excluding carboxylic acids is 1. The van der Waals surface area contributed by atoms with Crippen LogP contribution >= 0.6 is 46.9 Å². The molecule has 1 aromatic heterocycles. The van der Waals surface area contributed by atoms with Crippen molar-refractivity contribution < 1.29 is 9.53 Å². The van der Waals surface area contributed by atoms with Crippen molar-refractivity contribution in [3.8, 4) is 0 Å². The minimum atomic E-state index is -0.223. The highest BCUT2D eigenvalue weighted by atomic mass is 35.5. The highest BCUT2D eigenvalue weighted by molar-refractivity contribution is 7.09. The molecule has 9 heteroatoms. The van der Waals surface area contributed by atoms with Crippen LogP contribution in [0, 0.1) is 0 Å². The van der Waals surface area contributed by atoms with Gasteiger partial charge in [0.2, 0.25) is 0 Å². The van der Waals surface area contributed by atoms with Crippen molar-refractivity contribution >= 4 is 52.9 Å². The van der Waals surface area contributed by atoms with E-state index in [-0.39, 0.29) is 24.4 Å². The maximum absolute atomic E-state index is 12.7. The van der Waals surface area contributed by atoms with Crippen LogP contribution in [0.5, 0.6) is 0 Å². The summed E-state index contributed by atoms with van der Waals surface area (Å²) >= 11 is 13.5. The molecule has 1 aliphatic rings. The Morgan fingerprint density at radius 2 is 2.20 bits per heavy atom. The van der Waals surface area contributed by atoms with Gasteiger partial charge >= 0.3 is 0 Å². The Labute approximate surface area is 166 Å². The number of amides is 1. The molecule has 1 aromatic carbocycles. The molecule has 0 saturated carbocycles. The summed E-state index contributed by atoms with van der Waals surface area (Å²) in [4.78, 5) is 18.8. The lowest BCUT2D eigenvalue weighted by Gasteiger charge is -2.33. The molecule has 3 rings (SSSR count). The highest BCUT2D eigenvalue weighted by Gasteiger charge is 2.27. The second kappa shape index (κ2) is 9.16. The van der Waals surface area contributed by atoms with Gasteiger partial charge in [-0.1, -0.05) is 29.3 Å². The molecule has 5 nitrogen and oxygen atoms in total. The Morgan fingerprint density at radius 1 is 1.40 bits per heavy atom. The summed E-state index contributed by atoms with van der Waals surface area (Å²) in [5, 5.41) is 3.65. The molecule has 136 valence electrons. The molecule has 1 atom stereocenters. The first-order valence-corrected chi connectivity index (χ1v) is 9.22. The first-order chi connectivity index (χ1) is 11.6. The van der Waals surface area contributed by atoms with E-state index in [0.29, 0.717) is 48.4 Å². The van der Waals surface area contributed by atoms with Crippen molar-refractivity contribution in [2.24, 2.45) is 5.73 Å². The molecule has 1 unspecified atom stereocenters. The van der Waals surface area contributed by atoms with E-state index >= 15 is 0 Å². The summed E-state index contributed by atoms with van der Waals surface area (Å²) in [5.41, 5.74) is 6.91. The average Bonchev–Trinajstić information content (AvgIpc) is 3.06. The Hall–Kier alpha value is -0.890. The monoisotopic (exact) mass is 421 g/mol. The third-order valence-electron chi connectivity index (χ3n) is 3.80. The van der Waals surface area contributed by atoms with E-state index in [1.807, 2.05) is 6.07 Å². The van der Waals surface area contributed by atoms with Crippen LogP contribution in [-0.2, 0) is 11.2 Å². The van der Waals surface area contributed by atoms with Crippen LogP contribution < -0.4 is 5.73 Å². The molecule has 25 heavy (non-hydrogen) atoms. The number of rotatable bonds is 4. The van der Waals surface area contributed by atoms with Gasteiger partial charge in [-0.15, -0.1) is 23.7 Å². The Kier molecular flexibility index (Phi) is 7.49. The molecule has 0 aliphatic carbocycles. The number of benzene rings is 1. The van der Waals surface area contributed by atoms with Crippen LogP contribution in [0.2, 0.25) is 10.0 Å². The minimum absolute atomic E-state index is 0. The Bertz CT molecular complexity index is 741. The summed E-state index contributed by atoms with van der Waals surface area (Å²) in [5.74, 6) is -0.0807. The van der Waals surface area contributed by atoms with Crippen LogP contribution in [0.4, 0.5) is 0 Å². The quantitative estimate of drug-likeness (QED) is 0.817. The van der Waals surface area contributed by atoms with Gasteiger partial charge in [-0.3, -0.25) is 4.79 Å².